The van der Waals surface area contributed by atoms with Crippen LogP contribution in [0, 0.1) is 0 Å². The van der Waals surface area contributed by atoms with Gasteiger partial charge in [-0.25, -0.2) is 0 Å². The van der Waals surface area contributed by atoms with E-state index in [-0.39, 0.29) is 11.9 Å². The second kappa shape index (κ2) is 8.54. The van der Waals surface area contributed by atoms with Gasteiger partial charge in [0.25, 0.3) is 5.91 Å². The zero-order chi connectivity index (χ0) is 16.7. The Morgan fingerprint density at radius 1 is 1.13 bits per heavy atom. The number of amides is 1. The van der Waals surface area contributed by atoms with Crippen LogP contribution in [-0.4, -0.2) is 11.9 Å². The minimum atomic E-state index is -0.0722. The molecule has 0 aliphatic carbocycles. The summed E-state index contributed by atoms with van der Waals surface area (Å²) in [4.78, 5) is 12.7. The van der Waals surface area contributed by atoms with Gasteiger partial charge < -0.3 is 5.32 Å². The summed E-state index contributed by atoms with van der Waals surface area (Å²) < 4.78 is 0. The molecule has 0 saturated heterocycles. The van der Waals surface area contributed by atoms with Crippen LogP contribution in [0.25, 0.3) is 11.6 Å². The van der Waals surface area contributed by atoms with Crippen LogP contribution in [-0.2, 0) is 4.79 Å². The number of nitrogens with one attached hydrogen (secondary N) is 1. The Kier molecular flexibility index (Phi) is 6.42. The van der Waals surface area contributed by atoms with Crippen LogP contribution in [0.2, 0.25) is 5.02 Å². The molecule has 23 heavy (non-hydrogen) atoms. The van der Waals surface area contributed by atoms with Gasteiger partial charge in [-0.05, 0) is 36.6 Å². The maximum absolute atomic E-state index is 12.7. The Morgan fingerprint density at radius 3 is 2.43 bits per heavy atom. The summed E-state index contributed by atoms with van der Waals surface area (Å²) in [6.45, 7) is 4.14. The third-order valence-electron chi connectivity index (χ3n) is 3.63. The predicted octanol–water partition coefficient (Wildman–Crippen LogP) is 5.19. The van der Waals surface area contributed by atoms with Crippen LogP contribution in [0.4, 0.5) is 0 Å². The van der Waals surface area contributed by atoms with Gasteiger partial charge in [-0.3, -0.25) is 4.79 Å². The number of hydrogen-bond donors (Lipinski definition) is 1. The molecule has 1 N–H and O–H groups in total. The van der Waals surface area contributed by atoms with Crippen molar-refractivity contribution in [2.45, 2.75) is 32.7 Å². The van der Waals surface area contributed by atoms with Gasteiger partial charge >= 0.3 is 0 Å². The molecule has 0 spiro atoms. The van der Waals surface area contributed by atoms with Gasteiger partial charge in [0.15, 0.2) is 0 Å². The zero-order valence-corrected chi connectivity index (χ0v) is 14.3. The van der Waals surface area contributed by atoms with E-state index in [0.29, 0.717) is 10.6 Å². The fourth-order valence-corrected chi connectivity index (χ4v) is 2.64. The number of halogens is 1. The summed E-state index contributed by atoms with van der Waals surface area (Å²) in [6, 6.07) is 17.3. The van der Waals surface area contributed by atoms with Crippen molar-refractivity contribution in [2.24, 2.45) is 0 Å². The Hall–Kier alpha value is -2.06. The number of hydrogen-bond acceptors (Lipinski definition) is 1. The number of carbonyl (C=O) groups is 1. The summed E-state index contributed by atoms with van der Waals surface area (Å²) in [7, 11) is 0. The lowest BCUT2D eigenvalue weighted by molar-refractivity contribution is -0.116. The van der Waals surface area contributed by atoms with Crippen LogP contribution in [0.5, 0.6) is 0 Å². The van der Waals surface area contributed by atoms with E-state index in [1.54, 1.807) is 0 Å². The van der Waals surface area contributed by atoms with Gasteiger partial charge in [-0.1, -0.05) is 73.5 Å². The van der Waals surface area contributed by atoms with Crippen LogP contribution in [0.15, 0.2) is 54.6 Å². The first-order valence-corrected chi connectivity index (χ1v) is 8.32. The molecule has 0 saturated carbocycles. The fourth-order valence-electron chi connectivity index (χ4n) is 2.45. The fraction of sp³-hybridized carbons (Fsp3) is 0.250. The molecule has 0 bridgehead atoms. The average molecular weight is 328 g/mol. The van der Waals surface area contributed by atoms with Gasteiger partial charge in [0.2, 0.25) is 0 Å². The molecule has 3 heteroatoms. The molecular formula is C20H22ClNO. The first-order chi connectivity index (χ1) is 11.1. The summed E-state index contributed by atoms with van der Waals surface area (Å²) in [5.74, 6) is -0.0722. The van der Waals surface area contributed by atoms with Crippen molar-refractivity contribution in [1.82, 2.24) is 5.32 Å². The normalized spacial score (nSPS) is 12.7. The van der Waals surface area contributed by atoms with E-state index < -0.39 is 0 Å². The number of rotatable bonds is 6. The zero-order valence-electron chi connectivity index (χ0n) is 13.6. The molecule has 0 aliphatic rings. The molecule has 1 atom stereocenters. The van der Waals surface area contributed by atoms with E-state index in [4.69, 9.17) is 11.6 Å². The lowest BCUT2D eigenvalue weighted by Gasteiger charge is -2.15. The highest BCUT2D eigenvalue weighted by atomic mass is 35.5. The van der Waals surface area contributed by atoms with Crippen molar-refractivity contribution in [2.75, 3.05) is 0 Å². The highest BCUT2D eigenvalue weighted by molar-refractivity contribution is 6.33. The topological polar surface area (TPSA) is 29.1 Å². The molecule has 1 amide bonds. The molecule has 0 aliphatic heterocycles. The third-order valence-corrected chi connectivity index (χ3v) is 3.98. The van der Waals surface area contributed by atoms with Crippen LogP contribution in [0.1, 0.15) is 37.8 Å². The van der Waals surface area contributed by atoms with Crippen LogP contribution >= 0.6 is 11.6 Å². The van der Waals surface area contributed by atoms with E-state index in [0.717, 1.165) is 24.0 Å². The molecule has 2 aromatic carbocycles. The van der Waals surface area contributed by atoms with E-state index >= 15 is 0 Å². The molecular weight excluding hydrogens is 306 g/mol. The summed E-state index contributed by atoms with van der Waals surface area (Å²) in [5.41, 5.74) is 2.35. The van der Waals surface area contributed by atoms with Crippen molar-refractivity contribution in [3.05, 3.63) is 70.7 Å². The number of carbonyl (C=O) groups excluding carboxylic acids is 1. The van der Waals surface area contributed by atoms with Crippen LogP contribution < -0.4 is 5.32 Å². The molecule has 0 heterocycles. The van der Waals surface area contributed by atoms with Crippen molar-refractivity contribution in [3.63, 3.8) is 0 Å². The smallest absolute Gasteiger partial charge is 0.252 e. The average Bonchev–Trinajstić information content (AvgIpc) is 2.55. The van der Waals surface area contributed by atoms with E-state index in [2.05, 4.69) is 12.2 Å². The van der Waals surface area contributed by atoms with Crippen molar-refractivity contribution in [1.29, 1.82) is 0 Å². The third kappa shape index (κ3) is 4.97. The molecule has 120 valence electrons. The van der Waals surface area contributed by atoms with Gasteiger partial charge in [-0.2, -0.15) is 0 Å². The van der Waals surface area contributed by atoms with Gasteiger partial charge in [0.1, 0.15) is 0 Å². The van der Waals surface area contributed by atoms with E-state index in [9.17, 15) is 4.79 Å². The standard InChI is InChI=1S/C20H22ClNO/c1-3-9-15(2)22-20(23)18(16-10-5-4-6-11-16)14-17-12-7-8-13-19(17)21/h4-8,10-15H,3,9H2,1-2H3,(H,22,23)/b18-14+/t15-/m0/s1. The van der Waals surface area contributed by atoms with E-state index in [1.165, 1.54) is 0 Å². The molecule has 2 nitrogen and oxygen atoms in total. The van der Waals surface area contributed by atoms with Crippen molar-refractivity contribution < 1.29 is 4.79 Å². The maximum atomic E-state index is 12.7. The lowest BCUT2D eigenvalue weighted by atomic mass is 10.0. The SMILES string of the molecule is CCC[C@H](C)NC(=O)/C(=C/c1ccccc1Cl)c1ccccc1. The monoisotopic (exact) mass is 327 g/mol. The molecule has 2 aromatic rings. The van der Waals surface area contributed by atoms with Gasteiger partial charge in [0.05, 0.1) is 0 Å². The second-order valence-electron chi connectivity index (χ2n) is 5.61. The first kappa shape index (κ1) is 17.3. The van der Waals surface area contributed by atoms with Crippen LogP contribution in [0.3, 0.4) is 0 Å². The Morgan fingerprint density at radius 2 is 1.78 bits per heavy atom. The largest absolute Gasteiger partial charge is 0.350 e. The first-order valence-electron chi connectivity index (χ1n) is 7.94. The minimum absolute atomic E-state index is 0.0722. The second-order valence-corrected chi connectivity index (χ2v) is 6.02. The van der Waals surface area contributed by atoms with Gasteiger partial charge in [-0.15, -0.1) is 0 Å². The van der Waals surface area contributed by atoms with E-state index in [1.807, 2.05) is 67.6 Å². The Balaban J connectivity index is 2.37. The molecule has 0 unspecified atom stereocenters. The highest BCUT2D eigenvalue weighted by Gasteiger charge is 2.14. The molecule has 0 aromatic heterocycles. The molecule has 2 rings (SSSR count). The Labute approximate surface area is 143 Å². The highest BCUT2D eigenvalue weighted by Crippen LogP contribution is 2.23. The lowest BCUT2D eigenvalue weighted by Crippen LogP contribution is -2.33. The summed E-state index contributed by atoms with van der Waals surface area (Å²) in [5, 5.41) is 3.70. The summed E-state index contributed by atoms with van der Waals surface area (Å²) in [6.07, 6.45) is 3.85. The van der Waals surface area contributed by atoms with Crippen molar-refractivity contribution >= 4 is 29.2 Å². The molecule has 0 radical (unpaired) electrons. The Bertz CT molecular complexity index is 679. The predicted molar refractivity (Wildman–Crippen MR) is 98.3 cm³/mol. The van der Waals surface area contributed by atoms with Gasteiger partial charge in [0, 0.05) is 16.6 Å². The number of benzene rings is 2. The maximum Gasteiger partial charge on any atom is 0.252 e. The molecule has 0 fully saturated rings. The quantitative estimate of drug-likeness (QED) is 0.574. The minimum Gasteiger partial charge on any atom is -0.350 e. The summed E-state index contributed by atoms with van der Waals surface area (Å²) >= 11 is 6.24. The van der Waals surface area contributed by atoms with Crippen molar-refractivity contribution in [3.8, 4) is 0 Å².